The Kier molecular flexibility index (Phi) is 3.83. The van der Waals surface area contributed by atoms with Crippen molar-refractivity contribution in [2.75, 3.05) is 0 Å². The first-order chi connectivity index (χ1) is 6.15. The predicted octanol–water partition coefficient (Wildman–Crippen LogP) is 4.67. The zero-order chi connectivity index (χ0) is 9.84. The molecule has 0 N–H and O–H groups in total. The Morgan fingerprint density at radius 1 is 1.46 bits per heavy atom. The highest BCUT2D eigenvalue weighted by Gasteiger charge is 2.07. The third-order valence-electron chi connectivity index (χ3n) is 2.01. The number of rotatable bonds is 3. The summed E-state index contributed by atoms with van der Waals surface area (Å²) in [6, 6.07) is 5.61. The van der Waals surface area contributed by atoms with Gasteiger partial charge in [-0.15, -0.1) is 6.58 Å². The molecule has 0 spiro atoms. The molecule has 1 atom stereocenters. The normalized spacial score (nSPS) is 12.5. The van der Waals surface area contributed by atoms with Gasteiger partial charge >= 0.3 is 0 Å². The number of halogens is 2. The highest BCUT2D eigenvalue weighted by atomic mass is 35.5. The van der Waals surface area contributed by atoms with E-state index in [4.69, 9.17) is 23.2 Å². The second kappa shape index (κ2) is 4.69. The zero-order valence-electron chi connectivity index (χ0n) is 7.56. The summed E-state index contributed by atoms with van der Waals surface area (Å²) in [4.78, 5) is 0. The van der Waals surface area contributed by atoms with Crippen molar-refractivity contribution < 1.29 is 0 Å². The van der Waals surface area contributed by atoms with Gasteiger partial charge in [-0.3, -0.25) is 0 Å². The van der Waals surface area contributed by atoms with E-state index in [-0.39, 0.29) is 0 Å². The van der Waals surface area contributed by atoms with Gasteiger partial charge in [-0.2, -0.15) is 0 Å². The monoisotopic (exact) mass is 214 g/mol. The van der Waals surface area contributed by atoms with Gasteiger partial charge in [-0.05, 0) is 30.0 Å². The third kappa shape index (κ3) is 2.75. The quantitative estimate of drug-likeness (QED) is 0.642. The summed E-state index contributed by atoms with van der Waals surface area (Å²) in [5.74, 6) is 0.405. The lowest BCUT2D eigenvalue weighted by atomic mass is 9.98. The lowest BCUT2D eigenvalue weighted by Crippen LogP contribution is -1.92. The van der Waals surface area contributed by atoms with Crippen molar-refractivity contribution in [3.05, 3.63) is 46.5 Å². The fourth-order valence-electron chi connectivity index (χ4n) is 1.28. The van der Waals surface area contributed by atoms with Gasteiger partial charge in [-0.1, -0.05) is 42.3 Å². The topological polar surface area (TPSA) is 0 Å². The molecule has 1 aromatic carbocycles. The molecule has 1 aromatic rings. The van der Waals surface area contributed by atoms with E-state index in [0.717, 1.165) is 17.0 Å². The van der Waals surface area contributed by atoms with Gasteiger partial charge in [0.1, 0.15) is 0 Å². The van der Waals surface area contributed by atoms with Crippen LogP contribution in [0.3, 0.4) is 0 Å². The van der Waals surface area contributed by atoms with Crippen LogP contribution in [0.1, 0.15) is 24.8 Å². The molecule has 70 valence electrons. The molecular formula is C11H12Cl2. The Bertz CT molecular complexity index is 305. The molecule has 0 aromatic heterocycles. The number of hydrogen-bond acceptors (Lipinski definition) is 0. The maximum absolute atomic E-state index is 6.04. The lowest BCUT2D eigenvalue weighted by Gasteiger charge is -2.11. The first-order valence-electron chi connectivity index (χ1n) is 4.21. The van der Waals surface area contributed by atoms with Crippen LogP contribution in [-0.4, -0.2) is 0 Å². The van der Waals surface area contributed by atoms with E-state index in [1.807, 2.05) is 18.2 Å². The van der Waals surface area contributed by atoms with Crippen molar-refractivity contribution in [1.82, 2.24) is 0 Å². The Hall–Kier alpha value is -0.460. The summed E-state index contributed by atoms with van der Waals surface area (Å²) in [5, 5.41) is 1.42. The Morgan fingerprint density at radius 2 is 2.15 bits per heavy atom. The van der Waals surface area contributed by atoms with Crippen molar-refractivity contribution in [2.24, 2.45) is 0 Å². The minimum Gasteiger partial charge on any atom is -0.103 e. The Balaban J connectivity index is 2.94. The van der Waals surface area contributed by atoms with Gasteiger partial charge in [0.05, 0.1) is 0 Å². The van der Waals surface area contributed by atoms with Gasteiger partial charge in [0.2, 0.25) is 0 Å². The summed E-state index contributed by atoms with van der Waals surface area (Å²) >= 11 is 11.8. The van der Waals surface area contributed by atoms with Crippen LogP contribution in [0.15, 0.2) is 30.9 Å². The molecule has 13 heavy (non-hydrogen) atoms. The van der Waals surface area contributed by atoms with Crippen molar-refractivity contribution in [1.29, 1.82) is 0 Å². The van der Waals surface area contributed by atoms with E-state index in [2.05, 4.69) is 13.5 Å². The molecule has 0 bridgehead atoms. The van der Waals surface area contributed by atoms with Crippen molar-refractivity contribution in [2.45, 2.75) is 19.3 Å². The van der Waals surface area contributed by atoms with E-state index in [0.29, 0.717) is 10.9 Å². The molecule has 0 aliphatic heterocycles. The first kappa shape index (κ1) is 10.6. The van der Waals surface area contributed by atoms with Crippen LogP contribution in [0, 0.1) is 0 Å². The molecule has 0 saturated heterocycles. The maximum atomic E-state index is 6.04. The molecule has 1 unspecified atom stereocenters. The number of benzene rings is 1. The van der Waals surface area contributed by atoms with Gasteiger partial charge in [0, 0.05) is 10.0 Å². The van der Waals surface area contributed by atoms with Crippen LogP contribution >= 0.6 is 23.2 Å². The van der Waals surface area contributed by atoms with Crippen LogP contribution in [0.2, 0.25) is 10.0 Å². The molecule has 0 heterocycles. The van der Waals surface area contributed by atoms with E-state index < -0.39 is 0 Å². The fourth-order valence-corrected chi connectivity index (χ4v) is 1.87. The second-order valence-corrected chi connectivity index (χ2v) is 3.93. The average molecular weight is 215 g/mol. The molecule has 0 saturated carbocycles. The summed E-state index contributed by atoms with van der Waals surface area (Å²) in [5.41, 5.74) is 1.13. The lowest BCUT2D eigenvalue weighted by molar-refractivity contribution is 0.782. The van der Waals surface area contributed by atoms with Crippen LogP contribution in [0.4, 0.5) is 0 Å². The molecule has 0 radical (unpaired) electrons. The SMILES string of the molecule is C=CCC(C)c1ccc(Cl)cc1Cl. The first-order valence-corrected chi connectivity index (χ1v) is 4.96. The predicted molar refractivity (Wildman–Crippen MR) is 59.7 cm³/mol. The summed E-state index contributed by atoms with van der Waals surface area (Å²) in [6.07, 6.45) is 2.83. The van der Waals surface area contributed by atoms with Gasteiger partial charge in [-0.25, -0.2) is 0 Å². The standard InChI is InChI=1S/C11H12Cl2/c1-3-4-8(2)10-6-5-9(12)7-11(10)13/h3,5-8H,1,4H2,2H3. The van der Waals surface area contributed by atoms with E-state index in [1.165, 1.54) is 0 Å². The van der Waals surface area contributed by atoms with Crippen molar-refractivity contribution in [3.63, 3.8) is 0 Å². The molecule has 0 amide bonds. The van der Waals surface area contributed by atoms with Crippen LogP contribution in [-0.2, 0) is 0 Å². The number of allylic oxidation sites excluding steroid dienone is 1. The fraction of sp³-hybridized carbons (Fsp3) is 0.273. The minimum atomic E-state index is 0.405. The van der Waals surface area contributed by atoms with Crippen LogP contribution in [0.5, 0.6) is 0 Å². The van der Waals surface area contributed by atoms with Crippen molar-refractivity contribution in [3.8, 4) is 0 Å². The zero-order valence-corrected chi connectivity index (χ0v) is 9.07. The van der Waals surface area contributed by atoms with Crippen LogP contribution in [0.25, 0.3) is 0 Å². The van der Waals surface area contributed by atoms with Gasteiger partial charge in [0.15, 0.2) is 0 Å². The number of hydrogen-bond donors (Lipinski definition) is 0. The molecular weight excluding hydrogens is 203 g/mol. The van der Waals surface area contributed by atoms with Crippen LogP contribution < -0.4 is 0 Å². The van der Waals surface area contributed by atoms with Gasteiger partial charge in [0.25, 0.3) is 0 Å². The summed E-state index contributed by atoms with van der Waals surface area (Å²) in [6.45, 7) is 5.83. The highest BCUT2D eigenvalue weighted by molar-refractivity contribution is 6.35. The van der Waals surface area contributed by atoms with E-state index >= 15 is 0 Å². The van der Waals surface area contributed by atoms with E-state index in [1.54, 1.807) is 6.07 Å². The highest BCUT2D eigenvalue weighted by Crippen LogP contribution is 2.29. The van der Waals surface area contributed by atoms with E-state index in [9.17, 15) is 0 Å². The maximum Gasteiger partial charge on any atom is 0.0455 e. The molecule has 0 aliphatic rings. The van der Waals surface area contributed by atoms with Crippen molar-refractivity contribution >= 4 is 23.2 Å². The molecule has 0 nitrogen and oxygen atoms in total. The largest absolute Gasteiger partial charge is 0.103 e. The average Bonchev–Trinajstić information content (AvgIpc) is 2.04. The minimum absolute atomic E-state index is 0.405. The van der Waals surface area contributed by atoms with Gasteiger partial charge < -0.3 is 0 Å². The molecule has 0 aliphatic carbocycles. The second-order valence-electron chi connectivity index (χ2n) is 3.09. The third-order valence-corrected chi connectivity index (χ3v) is 2.58. The smallest absolute Gasteiger partial charge is 0.0455 e. The molecule has 2 heteroatoms. The molecule has 1 rings (SSSR count). The summed E-state index contributed by atoms with van der Waals surface area (Å²) in [7, 11) is 0. The molecule has 0 fully saturated rings. The Morgan fingerprint density at radius 3 is 2.69 bits per heavy atom. The Labute approximate surface area is 89.2 Å². The summed E-state index contributed by atoms with van der Waals surface area (Å²) < 4.78 is 0.